The van der Waals surface area contributed by atoms with Crippen molar-refractivity contribution in [2.24, 2.45) is 0 Å². The van der Waals surface area contributed by atoms with Crippen LogP contribution >= 0.6 is 40.4 Å². The number of carboxylic acid groups (broad SMARTS) is 1. The first-order chi connectivity index (χ1) is 15.3. The number of aromatic carboxylic acids is 1. The Morgan fingerprint density at radius 1 is 1.03 bits per heavy atom. The molecule has 0 fully saturated rings. The molecule has 0 saturated heterocycles. The van der Waals surface area contributed by atoms with Crippen molar-refractivity contribution in [1.82, 2.24) is 5.32 Å². The number of ether oxygens (including phenoxy) is 1. The number of carboxylic acids is 1. The summed E-state index contributed by atoms with van der Waals surface area (Å²) >= 11 is 7.06. The van der Waals surface area contributed by atoms with Crippen molar-refractivity contribution in [3.8, 4) is 17.2 Å². The molecule has 0 saturated carbocycles. The van der Waals surface area contributed by atoms with E-state index in [2.05, 4.69) is 43.8 Å². The van der Waals surface area contributed by atoms with Crippen LogP contribution in [0.4, 0.5) is 0 Å². The van der Waals surface area contributed by atoms with Gasteiger partial charge in [0.15, 0.2) is 5.75 Å². The smallest absolute Gasteiger partial charge is 0.335 e. The maximum Gasteiger partial charge on any atom is 0.335 e. The number of carbonyl (C=O) groups excluding carboxylic acids is 1. The number of phenolic OH excluding ortho intramolecular Hbond substituents is 1. The van der Waals surface area contributed by atoms with Gasteiger partial charge in [0.25, 0.3) is 5.91 Å². The fourth-order valence-corrected chi connectivity index (χ4v) is 5.04. The minimum Gasteiger partial charge on any atom is -0.507 e. The van der Waals surface area contributed by atoms with Crippen LogP contribution in [0.25, 0.3) is 0 Å². The summed E-state index contributed by atoms with van der Waals surface area (Å²) in [5, 5.41) is 22.0. The van der Waals surface area contributed by atoms with E-state index in [4.69, 9.17) is 9.84 Å². The van der Waals surface area contributed by atoms with Gasteiger partial charge in [-0.2, -0.15) is 0 Å². The molecule has 6 nitrogen and oxygen atoms in total. The molecule has 0 aromatic heterocycles. The number of hydrogen-bond donors (Lipinski definition) is 3. The van der Waals surface area contributed by atoms with Crippen molar-refractivity contribution in [2.75, 3.05) is 6.66 Å². The van der Waals surface area contributed by atoms with Crippen LogP contribution in [0, 0.1) is 0 Å². The third-order valence-electron chi connectivity index (χ3n) is 4.50. The molecular formula is C23H20Br2NO5P. The Kier molecular flexibility index (Phi) is 8.29. The van der Waals surface area contributed by atoms with Crippen molar-refractivity contribution >= 4 is 52.3 Å². The molecular weight excluding hydrogens is 561 g/mol. The Balaban J connectivity index is 1.76. The molecule has 0 radical (unpaired) electrons. The fraction of sp³-hybridized carbons (Fsp3) is 0.130. The zero-order chi connectivity index (χ0) is 23.3. The number of halogens is 2. The van der Waals surface area contributed by atoms with Crippen LogP contribution in [-0.2, 0) is 12.7 Å². The average Bonchev–Trinajstić information content (AvgIpc) is 2.76. The Morgan fingerprint density at radius 3 is 2.41 bits per heavy atom. The van der Waals surface area contributed by atoms with Gasteiger partial charge in [-0.3, -0.25) is 4.79 Å². The summed E-state index contributed by atoms with van der Waals surface area (Å²) in [5.41, 5.74) is 1.99. The van der Waals surface area contributed by atoms with E-state index in [9.17, 15) is 14.7 Å². The summed E-state index contributed by atoms with van der Waals surface area (Å²) in [6.45, 7) is 2.25. The summed E-state index contributed by atoms with van der Waals surface area (Å²) in [4.78, 5) is 23.8. The Labute approximate surface area is 204 Å². The highest BCUT2D eigenvalue weighted by molar-refractivity contribution is 9.11. The van der Waals surface area contributed by atoms with E-state index in [0.717, 1.165) is 23.7 Å². The summed E-state index contributed by atoms with van der Waals surface area (Å²) in [6, 6.07) is 14.7. The number of nitrogens with one attached hydrogen (secondary N) is 1. The van der Waals surface area contributed by atoms with E-state index in [0.29, 0.717) is 17.1 Å². The lowest BCUT2D eigenvalue weighted by Crippen LogP contribution is -2.23. The van der Waals surface area contributed by atoms with Gasteiger partial charge in [-0.15, -0.1) is 8.58 Å². The van der Waals surface area contributed by atoms with Crippen molar-refractivity contribution < 1.29 is 24.5 Å². The number of hydrogen-bond acceptors (Lipinski definition) is 4. The lowest BCUT2D eigenvalue weighted by molar-refractivity contribution is 0.0696. The molecule has 9 heteroatoms. The third-order valence-corrected chi connectivity index (χ3v) is 6.44. The minimum atomic E-state index is -1.04. The molecule has 3 N–H and O–H groups in total. The highest BCUT2D eigenvalue weighted by Gasteiger charge is 2.15. The van der Waals surface area contributed by atoms with Crippen molar-refractivity contribution in [3.05, 3.63) is 85.8 Å². The first kappa shape index (κ1) is 24.2. The molecule has 1 amide bonds. The molecule has 1 unspecified atom stereocenters. The van der Waals surface area contributed by atoms with Crippen LogP contribution in [0.15, 0.2) is 63.5 Å². The summed E-state index contributed by atoms with van der Waals surface area (Å²) in [6.07, 6.45) is 0.969. The number of phenols is 1. The van der Waals surface area contributed by atoms with Crippen LogP contribution in [0.3, 0.4) is 0 Å². The zero-order valence-corrected chi connectivity index (χ0v) is 21.2. The number of aromatic hydroxyl groups is 1. The molecule has 3 aromatic carbocycles. The molecule has 0 bridgehead atoms. The van der Waals surface area contributed by atoms with Crippen molar-refractivity contribution in [3.63, 3.8) is 0 Å². The Bertz CT molecular complexity index is 1150. The Morgan fingerprint density at radius 2 is 1.75 bits per heavy atom. The van der Waals surface area contributed by atoms with E-state index >= 15 is 0 Å². The van der Waals surface area contributed by atoms with Gasteiger partial charge in [0.1, 0.15) is 11.5 Å². The molecule has 0 aliphatic carbocycles. The lowest BCUT2D eigenvalue weighted by Gasteiger charge is -2.13. The largest absolute Gasteiger partial charge is 0.507 e. The first-order valence-corrected chi connectivity index (χ1v) is 12.8. The van der Waals surface area contributed by atoms with E-state index in [1.54, 1.807) is 18.2 Å². The number of rotatable bonds is 8. The molecule has 0 aliphatic heterocycles. The van der Waals surface area contributed by atoms with Gasteiger partial charge >= 0.3 is 5.97 Å². The number of amides is 1. The second-order valence-electron chi connectivity index (χ2n) is 6.89. The maximum atomic E-state index is 12.7. The molecule has 0 aliphatic rings. The van der Waals surface area contributed by atoms with Crippen molar-refractivity contribution in [1.29, 1.82) is 0 Å². The molecule has 166 valence electrons. The number of benzene rings is 3. The van der Waals surface area contributed by atoms with Crippen molar-refractivity contribution in [2.45, 2.75) is 12.7 Å². The topological polar surface area (TPSA) is 95.9 Å². The van der Waals surface area contributed by atoms with E-state index in [-0.39, 0.29) is 23.4 Å². The molecule has 32 heavy (non-hydrogen) atoms. The number of carbonyl (C=O) groups is 2. The zero-order valence-electron chi connectivity index (χ0n) is 17.0. The third kappa shape index (κ3) is 6.09. The summed E-state index contributed by atoms with van der Waals surface area (Å²) in [5.74, 6) is -0.790. The highest BCUT2D eigenvalue weighted by atomic mass is 79.9. The monoisotopic (exact) mass is 579 g/mol. The molecule has 0 heterocycles. The summed E-state index contributed by atoms with van der Waals surface area (Å²) < 4.78 is 7.53. The van der Waals surface area contributed by atoms with Crippen LogP contribution in [0.2, 0.25) is 0 Å². The quantitative estimate of drug-likeness (QED) is 0.278. The second-order valence-corrected chi connectivity index (χ2v) is 9.66. The van der Waals surface area contributed by atoms with Gasteiger partial charge in [-0.05, 0) is 98.3 Å². The van der Waals surface area contributed by atoms with E-state index in [1.807, 2.05) is 12.1 Å². The minimum absolute atomic E-state index is 0.0490. The van der Waals surface area contributed by atoms with E-state index < -0.39 is 11.9 Å². The normalized spacial score (nSPS) is 11.0. The van der Waals surface area contributed by atoms with Gasteiger partial charge in [0.05, 0.1) is 20.1 Å². The van der Waals surface area contributed by atoms with Crippen LogP contribution in [0.1, 0.15) is 31.8 Å². The van der Waals surface area contributed by atoms with E-state index in [1.165, 1.54) is 29.8 Å². The Hall–Kier alpha value is -2.41. The molecule has 3 aromatic rings. The van der Waals surface area contributed by atoms with Gasteiger partial charge in [-0.1, -0.05) is 12.1 Å². The average molecular weight is 581 g/mol. The fourth-order valence-electron chi connectivity index (χ4n) is 2.99. The molecule has 0 spiro atoms. The van der Waals surface area contributed by atoms with Gasteiger partial charge in [-0.25, -0.2) is 4.79 Å². The standard InChI is InChI=1S/C23H20Br2NO5P/c1-32-12-14-8-18(24)21(19(25)9-14)31-16-5-6-20(27)17(10-16)22(28)26-11-13-3-2-4-15(7-13)23(29)30/h2-10,27,32H,11-12H2,1H3,(H,26,28)(H,29,30). The second kappa shape index (κ2) is 10.9. The van der Waals surface area contributed by atoms with Crippen LogP contribution < -0.4 is 10.1 Å². The van der Waals surface area contributed by atoms with Gasteiger partial charge in [0, 0.05) is 6.54 Å². The van der Waals surface area contributed by atoms with Gasteiger partial charge in [0.2, 0.25) is 0 Å². The maximum absolute atomic E-state index is 12.7. The SMILES string of the molecule is CPCc1cc(Br)c(Oc2ccc(O)c(C(=O)NCc3cccc(C(=O)O)c3)c2)c(Br)c1. The molecule has 1 atom stereocenters. The predicted molar refractivity (Wildman–Crippen MR) is 133 cm³/mol. The van der Waals surface area contributed by atoms with Crippen LogP contribution in [-0.4, -0.2) is 28.8 Å². The summed E-state index contributed by atoms with van der Waals surface area (Å²) in [7, 11) is 0.795. The highest BCUT2D eigenvalue weighted by Crippen LogP contribution is 2.39. The first-order valence-electron chi connectivity index (χ1n) is 9.52. The lowest BCUT2D eigenvalue weighted by atomic mass is 10.1. The molecule has 3 rings (SSSR count). The van der Waals surface area contributed by atoms with Crippen LogP contribution in [0.5, 0.6) is 17.2 Å². The van der Waals surface area contributed by atoms with Gasteiger partial charge < -0.3 is 20.3 Å². The predicted octanol–water partition coefficient (Wildman–Crippen LogP) is 6.15.